The third-order valence-corrected chi connectivity index (χ3v) is 1.94. The molecular formula is C12H16N2O2. The van der Waals surface area contributed by atoms with Crippen molar-refractivity contribution in [1.82, 2.24) is 10.6 Å². The van der Waals surface area contributed by atoms with Crippen molar-refractivity contribution in [2.24, 2.45) is 0 Å². The molecule has 1 rings (SSSR count). The molecule has 0 aliphatic heterocycles. The Morgan fingerprint density at radius 2 is 2.00 bits per heavy atom. The number of benzene rings is 1. The van der Waals surface area contributed by atoms with Crippen LogP contribution in [0.4, 0.5) is 4.79 Å². The van der Waals surface area contributed by atoms with E-state index in [1.807, 2.05) is 24.3 Å². The van der Waals surface area contributed by atoms with Crippen molar-refractivity contribution in [2.75, 3.05) is 7.11 Å². The number of allylic oxidation sites excluding steroid dienone is 1. The van der Waals surface area contributed by atoms with Crippen LogP contribution in [0.1, 0.15) is 12.5 Å². The number of hydrogen-bond acceptors (Lipinski definition) is 2. The molecule has 0 aromatic heterocycles. The Hall–Kier alpha value is -1.97. The molecule has 0 heterocycles. The summed E-state index contributed by atoms with van der Waals surface area (Å²) in [6, 6.07) is 7.27. The Morgan fingerprint density at radius 3 is 2.50 bits per heavy atom. The fourth-order valence-electron chi connectivity index (χ4n) is 1.16. The summed E-state index contributed by atoms with van der Waals surface area (Å²) in [7, 11) is 1.62. The van der Waals surface area contributed by atoms with Gasteiger partial charge in [-0.05, 0) is 24.6 Å². The molecular weight excluding hydrogens is 204 g/mol. The minimum absolute atomic E-state index is 0.247. The first-order chi connectivity index (χ1) is 7.61. The van der Waals surface area contributed by atoms with E-state index in [4.69, 9.17) is 4.74 Å². The Kier molecular flexibility index (Phi) is 4.39. The van der Waals surface area contributed by atoms with Crippen LogP contribution in [0, 0.1) is 0 Å². The van der Waals surface area contributed by atoms with Crippen molar-refractivity contribution < 1.29 is 9.53 Å². The zero-order chi connectivity index (χ0) is 12.0. The van der Waals surface area contributed by atoms with Crippen LogP contribution >= 0.6 is 0 Å². The molecule has 4 nitrogen and oxygen atoms in total. The summed E-state index contributed by atoms with van der Waals surface area (Å²) in [5, 5.41) is 5.28. The second-order valence-corrected chi connectivity index (χ2v) is 3.44. The lowest BCUT2D eigenvalue weighted by molar-refractivity contribution is 0.243. The number of nitrogens with one attached hydrogen (secondary N) is 2. The lowest BCUT2D eigenvalue weighted by Gasteiger charge is -2.07. The molecule has 4 heteroatoms. The number of methoxy groups -OCH3 is 1. The fourth-order valence-corrected chi connectivity index (χ4v) is 1.16. The predicted octanol–water partition coefficient (Wildman–Crippen LogP) is 2.03. The van der Waals surface area contributed by atoms with Gasteiger partial charge < -0.3 is 15.4 Å². The second kappa shape index (κ2) is 5.80. The maximum atomic E-state index is 11.2. The minimum atomic E-state index is -0.247. The molecule has 0 spiro atoms. The van der Waals surface area contributed by atoms with Crippen molar-refractivity contribution in [3.8, 4) is 5.75 Å². The molecule has 0 saturated heterocycles. The second-order valence-electron chi connectivity index (χ2n) is 3.44. The third kappa shape index (κ3) is 4.04. The summed E-state index contributed by atoms with van der Waals surface area (Å²) in [5.74, 6) is 0.801. The molecule has 16 heavy (non-hydrogen) atoms. The largest absolute Gasteiger partial charge is 0.497 e. The molecule has 0 bridgehead atoms. The van der Waals surface area contributed by atoms with E-state index in [0.29, 0.717) is 12.2 Å². The molecule has 0 aliphatic carbocycles. The van der Waals surface area contributed by atoms with Gasteiger partial charge in [-0.25, -0.2) is 4.79 Å². The standard InChI is InChI=1S/C12H16N2O2/c1-9(2)14-12(15)13-8-10-4-6-11(16-3)7-5-10/h4-7H,1,8H2,2-3H3,(H2,13,14,15). The third-order valence-electron chi connectivity index (χ3n) is 1.94. The highest BCUT2D eigenvalue weighted by Gasteiger charge is 1.99. The van der Waals surface area contributed by atoms with Crippen molar-refractivity contribution in [3.63, 3.8) is 0 Å². The van der Waals surface area contributed by atoms with E-state index in [2.05, 4.69) is 17.2 Å². The quantitative estimate of drug-likeness (QED) is 0.815. The summed E-state index contributed by atoms with van der Waals surface area (Å²) in [6.07, 6.45) is 0. The zero-order valence-corrected chi connectivity index (χ0v) is 9.54. The molecule has 2 N–H and O–H groups in total. The number of carbonyl (C=O) groups excluding carboxylic acids is 1. The van der Waals surface area contributed by atoms with E-state index in [-0.39, 0.29) is 6.03 Å². The van der Waals surface area contributed by atoms with Gasteiger partial charge in [0.2, 0.25) is 0 Å². The van der Waals surface area contributed by atoms with Gasteiger partial charge in [-0.1, -0.05) is 18.7 Å². The highest BCUT2D eigenvalue weighted by atomic mass is 16.5. The minimum Gasteiger partial charge on any atom is -0.497 e. The molecule has 1 aromatic carbocycles. The molecule has 0 aliphatic rings. The van der Waals surface area contributed by atoms with Crippen LogP contribution in [0.25, 0.3) is 0 Å². The average Bonchev–Trinajstić information content (AvgIpc) is 2.26. The normalized spacial score (nSPS) is 9.38. The Morgan fingerprint density at radius 1 is 1.38 bits per heavy atom. The van der Waals surface area contributed by atoms with Crippen molar-refractivity contribution in [1.29, 1.82) is 0 Å². The molecule has 0 radical (unpaired) electrons. The highest BCUT2D eigenvalue weighted by Crippen LogP contribution is 2.10. The van der Waals surface area contributed by atoms with Gasteiger partial charge in [-0.3, -0.25) is 0 Å². The number of urea groups is 1. The van der Waals surface area contributed by atoms with E-state index >= 15 is 0 Å². The first-order valence-corrected chi connectivity index (χ1v) is 4.95. The van der Waals surface area contributed by atoms with E-state index < -0.39 is 0 Å². The van der Waals surface area contributed by atoms with Gasteiger partial charge in [0.1, 0.15) is 5.75 Å². The van der Waals surface area contributed by atoms with Gasteiger partial charge in [-0.2, -0.15) is 0 Å². The summed E-state index contributed by atoms with van der Waals surface area (Å²) in [5.41, 5.74) is 1.63. The number of carbonyl (C=O) groups is 1. The number of rotatable bonds is 4. The lowest BCUT2D eigenvalue weighted by atomic mass is 10.2. The molecule has 0 atom stereocenters. The number of hydrogen-bond donors (Lipinski definition) is 2. The van der Waals surface area contributed by atoms with Crippen LogP contribution in [0.15, 0.2) is 36.5 Å². The van der Waals surface area contributed by atoms with Gasteiger partial charge in [-0.15, -0.1) is 0 Å². The number of ether oxygens (including phenoxy) is 1. The van der Waals surface area contributed by atoms with Crippen LogP contribution in [0.3, 0.4) is 0 Å². The summed E-state index contributed by atoms with van der Waals surface area (Å²) in [4.78, 5) is 11.2. The SMILES string of the molecule is C=C(C)NC(=O)NCc1ccc(OC)cc1. The van der Waals surface area contributed by atoms with Gasteiger partial charge in [0.25, 0.3) is 0 Å². The summed E-state index contributed by atoms with van der Waals surface area (Å²) >= 11 is 0. The highest BCUT2D eigenvalue weighted by molar-refractivity contribution is 5.75. The molecule has 2 amide bonds. The van der Waals surface area contributed by atoms with E-state index in [1.165, 1.54) is 0 Å². The topological polar surface area (TPSA) is 50.4 Å². The van der Waals surface area contributed by atoms with Crippen molar-refractivity contribution >= 4 is 6.03 Å². The Balaban J connectivity index is 2.42. The van der Waals surface area contributed by atoms with Gasteiger partial charge >= 0.3 is 6.03 Å². The fraction of sp³-hybridized carbons (Fsp3) is 0.250. The van der Waals surface area contributed by atoms with E-state index in [1.54, 1.807) is 14.0 Å². The summed E-state index contributed by atoms with van der Waals surface area (Å²) in [6.45, 7) is 5.79. The first kappa shape index (κ1) is 12.1. The predicted molar refractivity (Wildman–Crippen MR) is 63.2 cm³/mol. The van der Waals surface area contributed by atoms with Crippen LogP contribution in [-0.2, 0) is 6.54 Å². The van der Waals surface area contributed by atoms with Gasteiger partial charge in [0, 0.05) is 12.2 Å². The van der Waals surface area contributed by atoms with Crippen molar-refractivity contribution in [3.05, 3.63) is 42.1 Å². The summed E-state index contributed by atoms with van der Waals surface area (Å²) < 4.78 is 5.04. The molecule has 86 valence electrons. The monoisotopic (exact) mass is 220 g/mol. The molecule has 0 saturated carbocycles. The smallest absolute Gasteiger partial charge is 0.319 e. The van der Waals surface area contributed by atoms with E-state index in [0.717, 1.165) is 11.3 Å². The van der Waals surface area contributed by atoms with Crippen molar-refractivity contribution in [2.45, 2.75) is 13.5 Å². The molecule has 0 fully saturated rings. The Bertz CT molecular complexity index is 371. The first-order valence-electron chi connectivity index (χ1n) is 4.95. The molecule has 0 unspecified atom stereocenters. The maximum Gasteiger partial charge on any atom is 0.319 e. The lowest BCUT2D eigenvalue weighted by Crippen LogP contribution is -2.33. The van der Waals surface area contributed by atoms with E-state index in [9.17, 15) is 4.79 Å². The van der Waals surface area contributed by atoms with Crippen LogP contribution in [0.2, 0.25) is 0 Å². The van der Waals surface area contributed by atoms with Gasteiger partial charge in [0.05, 0.1) is 7.11 Å². The van der Waals surface area contributed by atoms with Crippen LogP contribution in [-0.4, -0.2) is 13.1 Å². The average molecular weight is 220 g/mol. The van der Waals surface area contributed by atoms with Crippen LogP contribution < -0.4 is 15.4 Å². The molecule has 1 aromatic rings. The van der Waals surface area contributed by atoms with Gasteiger partial charge in [0.15, 0.2) is 0 Å². The number of amides is 2. The van der Waals surface area contributed by atoms with Crippen LogP contribution in [0.5, 0.6) is 5.75 Å². The zero-order valence-electron chi connectivity index (χ0n) is 9.54. The Labute approximate surface area is 95.3 Å². The maximum absolute atomic E-state index is 11.2.